The van der Waals surface area contributed by atoms with Crippen molar-refractivity contribution in [2.24, 2.45) is 0 Å². The summed E-state index contributed by atoms with van der Waals surface area (Å²) in [5.41, 5.74) is 2.79. The maximum absolute atomic E-state index is 3.45. The van der Waals surface area contributed by atoms with Gasteiger partial charge in [0.25, 0.3) is 0 Å². The van der Waals surface area contributed by atoms with Crippen LogP contribution >= 0.6 is 0 Å². The van der Waals surface area contributed by atoms with Gasteiger partial charge in [0.15, 0.2) is 0 Å². The molecule has 1 unspecified atom stereocenters. The molecule has 1 aromatic carbocycles. The Morgan fingerprint density at radius 2 is 1.94 bits per heavy atom. The van der Waals surface area contributed by atoms with Gasteiger partial charge >= 0.3 is 0 Å². The van der Waals surface area contributed by atoms with E-state index in [1.54, 1.807) is 0 Å². The molecule has 1 rings (SSSR count). The topological polar surface area (TPSA) is 15.3 Å². The van der Waals surface area contributed by atoms with E-state index >= 15 is 0 Å². The highest BCUT2D eigenvalue weighted by molar-refractivity contribution is 5.22. The molecule has 0 aliphatic heterocycles. The zero-order valence-corrected chi connectivity index (χ0v) is 12.4. The summed E-state index contributed by atoms with van der Waals surface area (Å²) in [6.45, 7) is 10.1. The molecule has 0 fully saturated rings. The van der Waals surface area contributed by atoms with E-state index in [1.807, 2.05) is 0 Å². The van der Waals surface area contributed by atoms with Crippen LogP contribution in [-0.2, 0) is 6.42 Å². The van der Waals surface area contributed by atoms with Crippen LogP contribution in [-0.4, -0.2) is 37.6 Å². The standard InChI is InChI=1S/C16H28N2/c1-5-18(6-2)11-10-16(17-4)13-15-9-7-8-14(3)12-15/h7-9,12,16-17H,5-6,10-11,13H2,1-4H3. The van der Waals surface area contributed by atoms with E-state index in [1.165, 1.54) is 24.1 Å². The first-order valence-electron chi connectivity index (χ1n) is 7.14. The lowest BCUT2D eigenvalue weighted by molar-refractivity contribution is 0.283. The third-order valence-corrected chi connectivity index (χ3v) is 3.66. The molecule has 0 radical (unpaired) electrons. The molecule has 0 saturated carbocycles. The summed E-state index contributed by atoms with van der Waals surface area (Å²) >= 11 is 0. The van der Waals surface area contributed by atoms with Gasteiger partial charge in [-0.05, 0) is 52.0 Å². The zero-order valence-electron chi connectivity index (χ0n) is 12.4. The van der Waals surface area contributed by atoms with Gasteiger partial charge in [-0.25, -0.2) is 0 Å². The minimum Gasteiger partial charge on any atom is -0.317 e. The average molecular weight is 248 g/mol. The van der Waals surface area contributed by atoms with Crippen LogP contribution in [0.15, 0.2) is 24.3 Å². The molecule has 102 valence electrons. The normalized spacial score (nSPS) is 12.9. The number of benzene rings is 1. The molecule has 0 aliphatic rings. The highest BCUT2D eigenvalue weighted by Gasteiger charge is 2.09. The van der Waals surface area contributed by atoms with Crippen molar-refractivity contribution in [2.75, 3.05) is 26.7 Å². The highest BCUT2D eigenvalue weighted by atomic mass is 15.1. The summed E-state index contributed by atoms with van der Waals surface area (Å²) in [4.78, 5) is 2.49. The molecule has 18 heavy (non-hydrogen) atoms. The Labute approximate surface area is 112 Å². The van der Waals surface area contributed by atoms with E-state index in [-0.39, 0.29) is 0 Å². The maximum Gasteiger partial charge on any atom is 0.0117 e. The second kappa shape index (κ2) is 8.28. The van der Waals surface area contributed by atoms with E-state index in [0.717, 1.165) is 19.5 Å². The zero-order chi connectivity index (χ0) is 13.4. The van der Waals surface area contributed by atoms with Gasteiger partial charge in [-0.3, -0.25) is 0 Å². The van der Waals surface area contributed by atoms with Crippen LogP contribution in [0.5, 0.6) is 0 Å². The molecule has 0 amide bonds. The molecule has 0 heterocycles. The quantitative estimate of drug-likeness (QED) is 0.761. The van der Waals surface area contributed by atoms with Gasteiger partial charge in [-0.2, -0.15) is 0 Å². The number of hydrogen-bond donors (Lipinski definition) is 1. The van der Waals surface area contributed by atoms with Gasteiger partial charge in [0.05, 0.1) is 0 Å². The molecule has 0 aromatic heterocycles. The van der Waals surface area contributed by atoms with E-state index in [9.17, 15) is 0 Å². The second-order valence-corrected chi connectivity index (χ2v) is 4.99. The first-order valence-corrected chi connectivity index (χ1v) is 7.14. The molecular formula is C16H28N2. The summed E-state index contributed by atoms with van der Waals surface area (Å²) in [5.74, 6) is 0. The predicted molar refractivity (Wildman–Crippen MR) is 80.1 cm³/mol. The Morgan fingerprint density at radius 3 is 2.50 bits per heavy atom. The number of likely N-dealkylation sites (N-methyl/N-ethyl adjacent to an activating group) is 1. The fourth-order valence-electron chi connectivity index (χ4n) is 2.35. The molecule has 0 saturated heterocycles. The monoisotopic (exact) mass is 248 g/mol. The van der Waals surface area contributed by atoms with Gasteiger partial charge in [0.2, 0.25) is 0 Å². The summed E-state index contributed by atoms with van der Waals surface area (Å²) in [6.07, 6.45) is 2.34. The van der Waals surface area contributed by atoms with E-state index in [0.29, 0.717) is 6.04 Å². The molecule has 0 aliphatic carbocycles. The summed E-state index contributed by atoms with van der Waals surface area (Å²) in [7, 11) is 2.07. The highest BCUT2D eigenvalue weighted by Crippen LogP contribution is 2.09. The van der Waals surface area contributed by atoms with Crippen molar-refractivity contribution >= 4 is 0 Å². The van der Waals surface area contributed by atoms with Gasteiger partial charge in [0, 0.05) is 6.04 Å². The molecule has 2 nitrogen and oxygen atoms in total. The van der Waals surface area contributed by atoms with Crippen LogP contribution in [0.3, 0.4) is 0 Å². The Bertz CT molecular complexity index is 332. The molecule has 1 atom stereocenters. The number of nitrogens with one attached hydrogen (secondary N) is 1. The molecule has 0 spiro atoms. The average Bonchev–Trinajstić information content (AvgIpc) is 2.38. The number of hydrogen-bond acceptors (Lipinski definition) is 2. The van der Waals surface area contributed by atoms with Crippen LogP contribution in [0.4, 0.5) is 0 Å². The maximum atomic E-state index is 3.45. The lowest BCUT2D eigenvalue weighted by Gasteiger charge is -2.22. The van der Waals surface area contributed by atoms with Crippen LogP contribution in [0.2, 0.25) is 0 Å². The van der Waals surface area contributed by atoms with Crippen LogP contribution in [0.1, 0.15) is 31.4 Å². The molecule has 1 N–H and O–H groups in total. The van der Waals surface area contributed by atoms with Crippen molar-refractivity contribution in [3.05, 3.63) is 35.4 Å². The van der Waals surface area contributed by atoms with Gasteiger partial charge < -0.3 is 10.2 Å². The SMILES string of the molecule is CCN(CC)CCC(Cc1cccc(C)c1)NC. The van der Waals surface area contributed by atoms with Crippen LogP contribution in [0, 0.1) is 6.92 Å². The van der Waals surface area contributed by atoms with Crippen molar-refractivity contribution < 1.29 is 0 Å². The van der Waals surface area contributed by atoms with Gasteiger partial charge in [-0.1, -0.05) is 43.7 Å². The molecule has 1 aromatic rings. The van der Waals surface area contributed by atoms with Crippen LogP contribution < -0.4 is 5.32 Å². The number of nitrogens with zero attached hydrogens (tertiary/aromatic N) is 1. The minimum absolute atomic E-state index is 0.576. The smallest absolute Gasteiger partial charge is 0.0117 e. The van der Waals surface area contributed by atoms with Crippen molar-refractivity contribution in [2.45, 2.75) is 39.7 Å². The van der Waals surface area contributed by atoms with E-state index < -0.39 is 0 Å². The molecule has 2 heteroatoms. The van der Waals surface area contributed by atoms with Gasteiger partial charge in [0.1, 0.15) is 0 Å². The van der Waals surface area contributed by atoms with E-state index in [2.05, 4.69) is 62.3 Å². The third kappa shape index (κ3) is 5.19. The minimum atomic E-state index is 0.576. The number of aryl methyl sites for hydroxylation is 1. The molecular weight excluding hydrogens is 220 g/mol. The van der Waals surface area contributed by atoms with Crippen molar-refractivity contribution in [3.8, 4) is 0 Å². The fraction of sp³-hybridized carbons (Fsp3) is 0.625. The molecule has 0 bridgehead atoms. The van der Waals surface area contributed by atoms with Crippen molar-refractivity contribution in [1.29, 1.82) is 0 Å². The summed E-state index contributed by atoms with van der Waals surface area (Å²) in [5, 5.41) is 3.45. The first kappa shape index (κ1) is 15.2. The Kier molecular flexibility index (Phi) is 6.99. The Balaban J connectivity index is 2.46. The second-order valence-electron chi connectivity index (χ2n) is 4.99. The largest absolute Gasteiger partial charge is 0.317 e. The third-order valence-electron chi connectivity index (χ3n) is 3.66. The van der Waals surface area contributed by atoms with Gasteiger partial charge in [-0.15, -0.1) is 0 Å². The number of rotatable bonds is 8. The van der Waals surface area contributed by atoms with Crippen molar-refractivity contribution in [3.63, 3.8) is 0 Å². The predicted octanol–water partition coefficient (Wildman–Crippen LogP) is 2.86. The Hall–Kier alpha value is -0.860. The van der Waals surface area contributed by atoms with Crippen LogP contribution in [0.25, 0.3) is 0 Å². The fourth-order valence-corrected chi connectivity index (χ4v) is 2.35. The summed E-state index contributed by atoms with van der Waals surface area (Å²) < 4.78 is 0. The lowest BCUT2D eigenvalue weighted by atomic mass is 10.0. The van der Waals surface area contributed by atoms with E-state index in [4.69, 9.17) is 0 Å². The summed E-state index contributed by atoms with van der Waals surface area (Å²) in [6, 6.07) is 9.42. The Morgan fingerprint density at radius 1 is 1.22 bits per heavy atom. The lowest BCUT2D eigenvalue weighted by Crippen LogP contribution is -2.33. The first-order chi connectivity index (χ1) is 8.69. The van der Waals surface area contributed by atoms with Crippen molar-refractivity contribution in [1.82, 2.24) is 10.2 Å².